The minimum absolute atomic E-state index is 0.0436. The van der Waals surface area contributed by atoms with Crippen LogP contribution >= 0.6 is 0 Å². The second kappa shape index (κ2) is 9.80. The summed E-state index contributed by atoms with van der Waals surface area (Å²) in [5, 5.41) is 17.1. The predicted molar refractivity (Wildman–Crippen MR) is 104 cm³/mol. The first-order valence-corrected chi connectivity index (χ1v) is 9.22. The normalized spacial score (nSPS) is 16.8. The summed E-state index contributed by atoms with van der Waals surface area (Å²) in [6.07, 6.45) is 2.18. The molecule has 1 unspecified atom stereocenters. The van der Waals surface area contributed by atoms with Gasteiger partial charge in [-0.2, -0.15) is 0 Å². The second-order valence-electron chi connectivity index (χ2n) is 6.55. The van der Waals surface area contributed by atoms with Crippen molar-refractivity contribution >= 4 is 11.6 Å². The van der Waals surface area contributed by atoms with Gasteiger partial charge in [0.05, 0.1) is 17.6 Å². The molecule has 0 amide bonds. The van der Waals surface area contributed by atoms with Gasteiger partial charge in [-0.3, -0.25) is 10.1 Å². The number of non-ortho nitro benzene ring substituents is 1. The first-order chi connectivity index (χ1) is 13.6. The van der Waals surface area contributed by atoms with Gasteiger partial charge in [0.25, 0.3) is 5.69 Å². The van der Waals surface area contributed by atoms with Crippen LogP contribution in [0.1, 0.15) is 24.0 Å². The lowest BCUT2D eigenvalue weighted by molar-refractivity contribution is -0.384. The summed E-state index contributed by atoms with van der Waals surface area (Å²) >= 11 is 0. The molecular formula is C20H23FN4O3. The number of nitrogens with zero attached hydrogens (tertiary/aromatic N) is 2. The average molecular weight is 386 g/mol. The zero-order valence-electron chi connectivity index (χ0n) is 15.4. The van der Waals surface area contributed by atoms with Gasteiger partial charge in [0.15, 0.2) is 5.96 Å². The van der Waals surface area contributed by atoms with Crippen molar-refractivity contribution in [3.63, 3.8) is 0 Å². The minimum atomic E-state index is -0.433. The van der Waals surface area contributed by atoms with Crippen molar-refractivity contribution in [1.29, 1.82) is 0 Å². The Labute approximate surface area is 162 Å². The lowest BCUT2D eigenvalue weighted by Crippen LogP contribution is -2.41. The van der Waals surface area contributed by atoms with E-state index in [-0.39, 0.29) is 17.6 Å². The number of rotatable bonds is 7. The molecule has 1 atom stereocenters. The highest BCUT2D eigenvalue weighted by Gasteiger charge is 2.15. The maximum atomic E-state index is 13.9. The molecule has 0 aliphatic carbocycles. The fourth-order valence-electron chi connectivity index (χ4n) is 2.90. The molecule has 2 N–H and O–H groups in total. The Morgan fingerprint density at radius 3 is 2.68 bits per heavy atom. The SMILES string of the molecule is O=[N+]([O-])c1ccc(CN=C(NCc2ccccc2F)NCC2CCCO2)cc1. The third-order valence-electron chi connectivity index (χ3n) is 4.49. The molecule has 8 heteroatoms. The third-order valence-corrected chi connectivity index (χ3v) is 4.49. The first-order valence-electron chi connectivity index (χ1n) is 9.22. The standard InChI is InChI=1S/C20H23FN4O3/c21-19-6-2-1-4-16(19)13-23-20(24-14-18-5-3-11-28-18)22-12-15-7-9-17(10-8-15)25(26)27/h1-2,4,6-10,18H,3,5,11-14H2,(H2,22,23,24). The molecule has 2 aromatic carbocycles. The van der Waals surface area contributed by atoms with Crippen LogP contribution in [0.15, 0.2) is 53.5 Å². The summed E-state index contributed by atoms with van der Waals surface area (Å²) in [5.74, 6) is 0.265. The van der Waals surface area contributed by atoms with E-state index in [9.17, 15) is 14.5 Å². The van der Waals surface area contributed by atoms with Gasteiger partial charge in [-0.05, 0) is 24.5 Å². The number of ether oxygens (including phenoxy) is 1. The molecule has 3 rings (SSSR count). The van der Waals surface area contributed by atoms with Crippen LogP contribution in [-0.2, 0) is 17.8 Å². The summed E-state index contributed by atoms with van der Waals surface area (Å²) in [7, 11) is 0. The molecule has 0 saturated carbocycles. The molecule has 1 fully saturated rings. The third kappa shape index (κ3) is 5.75. The molecule has 0 spiro atoms. The molecule has 7 nitrogen and oxygen atoms in total. The van der Waals surface area contributed by atoms with E-state index < -0.39 is 4.92 Å². The zero-order chi connectivity index (χ0) is 19.8. The minimum Gasteiger partial charge on any atom is -0.376 e. The van der Waals surface area contributed by atoms with Crippen molar-refractivity contribution in [1.82, 2.24) is 10.6 Å². The van der Waals surface area contributed by atoms with Crippen LogP contribution in [-0.4, -0.2) is 30.1 Å². The summed E-state index contributed by atoms with van der Waals surface area (Å²) in [4.78, 5) is 14.8. The van der Waals surface area contributed by atoms with Crippen molar-refractivity contribution in [2.24, 2.45) is 4.99 Å². The van der Waals surface area contributed by atoms with Crippen molar-refractivity contribution in [2.45, 2.75) is 32.0 Å². The number of benzene rings is 2. The molecule has 1 aliphatic heterocycles. The number of nitrogens with one attached hydrogen (secondary N) is 2. The van der Waals surface area contributed by atoms with Crippen LogP contribution in [0.2, 0.25) is 0 Å². The van der Waals surface area contributed by atoms with E-state index >= 15 is 0 Å². The summed E-state index contributed by atoms with van der Waals surface area (Å²) in [6, 6.07) is 12.8. The molecule has 1 saturated heterocycles. The Hall–Kier alpha value is -3.00. The van der Waals surface area contributed by atoms with E-state index in [0.717, 1.165) is 25.0 Å². The molecule has 0 bridgehead atoms. The van der Waals surface area contributed by atoms with Crippen LogP contribution in [0.25, 0.3) is 0 Å². The van der Waals surface area contributed by atoms with Gasteiger partial charge in [-0.1, -0.05) is 30.3 Å². The molecule has 0 radical (unpaired) electrons. The van der Waals surface area contributed by atoms with Crippen LogP contribution in [0, 0.1) is 15.9 Å². The first kappa shape index (κ1) is 19.8. The molecule has 1 heterocycles. The predicted octanol–water partition coefficient (Wildman–Crippen LogP) is 3.15. The maximum Gasteiger partial charge on any atom is 0.269 e. The van der Waals surface area contributed by atoms with E-state index in [0.29, 0.717) is 31.2 Å². The number of halogens is 1. The fourth-order valence-corrected chi connectivity index (χ4v) is 2.90. The Balaban J connectivity index is 1.64. The lowest BCUT2D eigenvalue weighted by atomic mass is 10.2. The molecule has 0 aromatic heterocycles. The highest BCUT2D eigenvalue weighted by Crippen LogP contribution is 2.13. The Morgan fingerprint density at radius 2 is 2.00 bits per heavy atom. The van der Waals surface area contributed by atoms with Crippen LogP contribution in [0.3, 0.4) is 0 Å². The zero-order valence-corrected chi connectivity index (χ0v) is 15.4. The van der Waals surface area contributed by atoms with E-state index in [1.807, 2.05) is 0 Å². The maximum absolute atomic E-state index is 13.9. The summed E-state index contributed by atoms with van der Waals surface area (Å²) in [6.45, 7) is 2.02. The monoisotopic (exact) mass is 386 g/mol. The smallest absolute Gasteiger partial charge is 0.269 e. The van der Waals surface area contributed by atoms with E-state index in [2.05, 4.69) is 15.6 Å². The van der Waals surface area contributed by atoms with Crippen molar-refractivity contribution in [2.75, 3.05) is 13.2 Å². The van der Waals surface area contributed by atoms with Gasteiger partial charge in [-0.15, -0.1) is 0 Å². The Bertz CT molecular complexity index is 820. The van der Waals surface area contributed by atoms with E-state index in [1.54, 1.807) is 30.3 Å². The highest BCUT2D eigenvalue weighted by atomic mass is 19.1. The van der Waals surface area contributed by atoms with Gasteiger partial charge < -0.3 is 15.4 Å². The average Bonchev–Trinajstić information content (AvgIpc) is 3.22. The van der Waals surface area contributed by atoms with Crippen LogP contribution < -0.4 is 10.6 Å². The lowest BCUT2D eigenvalue weighted by Gasteiger charge is -2.16. The Kier molecular flexibility index (Phi) is 6.91. The topological polar surface area (TPSA) is 88.8 Å². The van der Waals surface area contributed by atoms with Crippen molar-refractivity contribution in [3.05, 3.63) is 75.6 Å². The molecular weight excluding hydrogens is 363 g/mol. The number of guanidine groups is 1. The van der Waals surface area contributed by atoms with Gasteiger partial charge in [0, 0.05) is 37.4 Å². The highest BCUT2D eigenvalue weighted by molar-refractivity contribution is 5.79. The fraction of sp³-hybridized carbons (Fsp3) is 0.350. The number of nitro groups is 1. The molecule has 1 aliphatic rings. The van der Waals surface area contributed by atoms with Crippen molar-refractivity contribution in [3.8, 4) is 0 Å². The van der Waals surface area contributed by atoms with Crippen LogP contribution in [0.4, 0.5) is 10.1 Å². The van der Waals surface area contributed by atoms with Gasteiger partial charge >= 0.3 is 0 Å². The summed E-state index contributed by atoms with van der Waals surface area (Å²) < 4.78 is 19.5. The number of hydrogen-bond acceptors (Lipinski definition) is 4. The van der Waals surface area contributed by atoms with Gasteiger partial charge in [-0.25, -0.2) is 9.38 Å². The van der Waals surface area contributed by atoms with E-state index in [4.69, 9.17) is 4.74 Å². The number of nitro benzene ring substituents is 1. The second-order valence-corrected chi connectivity index (χ2v) is 6.55. The molecule has 2 aromatic rings. The van der Waals surface area contributed by atoms with Gasteiger partial charge in [0.2, 0.25) is 0 Å². The quantitative estimate of drug-likeness (QED) is 0.330. The number of hydrogen-bond donors (Lipinski definition) is 2. The largest absolute Gasteiger partial charge is 0.376 e. The molecule has 28 heavy (non-hydrogen) atoms. The molecule has 148 valence electrons. The van der Waals surface area contributed by atoms with Gasteiger partial charge in [0.1, 0.15) is 5.82 Å². The van der Waals surface area contributed by atoms with Crippen molar-refractivity contribution < 1.29 is 14.1 Å². The Morgan fingerprint density at radius 1 is 1.21 bits per heavy atom. The number of aliphatic imine (C=N–C) groups is 1. The summed E-state index contributed by atoms with van der Waals surface area (Å²) in [5.41, 5.74) is 1.43. The van der Waals surface area contributed by atoms with E-state index in [1.165, 1.54) is 18.2 Å². The van der Waals surface area contributed by atoms with Crippen LogP contribution in [0.5, 0.6) is 0 Å².